The van der Waals surface area contributed by atoms with Crippen LogP contribution < -0.4 is 4.90 Å². The van der Waals surface area contributed by atoms with Gasteiger partial charge in [0.2, 0.25) is 5.91 Å². The highest BCUT2D eigenvalue weighted by Gasteiger charge is 2.29. The van der Waals surface area contributed by atoms with E-state index in [1.54, 1.807) is 39.9 Å². The number of hydrogen-bond donors (Lipinski definition) is 1. The second-order valence-electron chi connectivity index (χ2n) is 10.1. The highest BCUT2D eigenvalue weighted by Crippen LogP contribution is 2.32. The lowest BCUT2D eigenvalue weighted by molar-refractivity contribution is -0.384. The minimum atomic E-state index is -0.711. The third-order valence-corrected chi connectivity index (χ3v) is 7.57. The van der Waals surface area contributed by atoms with Crippen molar-refractivity contribution in [3.8, 4) is 11.3 Å². The first-order valence-corrected chi connectivity index (χ1v) is 13.2. The fourth-order valence-electron chi connectivity index (χ4n) is 5.50. The number of β-amino-alcohol motifs (C(OH)–C–C–N with tert-alkyl or cyclic N) is 1. The van der Waals surface area contributed by atoms with Crippen molar-refractivity contribution in [3.63, 3.8) is 0 Å². The van der Waals surface area contributed by atoms with Crippen molar-refractivity contribution in [3.05, 3.63) is 80.0 Å². The van der Waals surface area contributed by atoms with Crippen molar-refractivity contribution in [1.29, 1.82) is 0 Å². The molecule has 1 amide bonds. The first-order chi connectivity index (χ1) is 19.2. The number of fused-ring (bicyclic) bond motifs is 1. The number of nitro groups is 2. The molecule has 1 unspecified atom stereocenters. The largest absolute Gasteiger partial charge is 0.390 e. The topological polar surface area (TPSA) is 151 Å². The van der Waals surface area contributed by atoms with Gasteiger partial charge >= 0.3 is 0 Å². The molecule has 3 heterocycles. The Bertz CT molecular complexity index is 1420. The SMILES string of the molecule is CC(=O)N1CCc2c(c(-c3ccc([N+](=O)[O-])cc3)nn2CC(O)CN2CCN(c3ccccc3[N+](=O)[O-])CC2)C1. The van der Waals surface area contributed by atoms with Gasteiger partial charge in [-0.3, -0.25) is 34.6 Å². The lowest BCUT2D eigenvalue weighted by Gasteiger charge is -2.36. The number of aliphatic hydroxyl groups is 1. The second kappa shape index (κ2) is 11.4. The van der Waals surface area contributed by atoms with Gasteiger partial charge in [-0.15, -0.1) is 0 Å². The summed E-state index contributed by atoms with van der Waals surface area (Å²) in [5, 5.41) is 38.3. The van der Waals surface area contributed by atoms with Crippen LogP contribution in [0.3, 0.4) is 0 Å². The van der Waals surface area contributed by atoms with Crippen molar-refractivity contribution >= 4 is 23.0 Å². The molecule has 5 rings (SSSR count). The van der Waals surface area contributed by atoms with Crippen LogP contribution in [-0.2, 0) is 24.3 Å². The van der Waals surface area contributed by atoms with Gasteiger partial charge in [0.05, 0.1) is 28.2 Å². The Kier molecular flexibility index (Phi) is 7.76. The number of benzene rings is 2. The molecule has 1 atom stereocenters. The molecular formula is C27H31N7O6. The average molecular weight is 550 g/mol. The van der Waals surface area contributed by atoms with Gasteiger partial charge in [-0.25, -0.2) is 0 Å². The molecule has 1 saturated heterocycles. The highest BCUT2D eigenvalue weighted by molar-refractivity contribution is 5.75. The molecule has 0 radical (unpaired) electrons. The normalized spacial score (nSPS) is 16.4. The predicted octanol–water partition coefficient (Wildman–Crippen LogP) is 2.45. The summed E-state index contributed by atoms with van der Waals surface area (Å²) in [6.45, 7) is 5.69. The molecule has 2 aliphatic heterocycles. The first-order valence-electron chi connectivity index (χ1n) is 13.2. The molecule has 0 aliphatic carbocycles. The van der Waals surface area contributed by atoms with E-state index in [1.165, 1.54) is 25.1 Å². The zero-order chi connectivity index (χ0) is 28.4. The molecule has 2 aliphatic rings. The maximum atomic E-state index is 12.1. The summed E-state index contributed by atoms with van der Waals surface area (Å²) < 4.78 is 1.80. The number of carbonyl (C=O) groups excluding carboxylic acids is 1. The fraction of sp³-hybridized carbons (Fsp3) is 0.407. The molecule has 0 saturated carbocycles. The van der Waals surface area contributed by atoms with E-state index in [-0.39, 0.29) is 28.8 Å². The maximum absolute atomic E-state index is 12.1. The van der Waals surface area contributed by atoms with Crippen molar-refractivity contribution < 1.29 is 19.7 Å². The van der Waals surface area contributed by atoms with E-state index in [0.29, 0.717) is 69.2 Å². The number of rotatable bonds is 8. The number of non-ortho nitro benzene ring substituents is 1. The summed E-state index contributed by atoms with van der Waals surface area (Å²) >= 11 is 0. The van der Waals surface area contributed by atoms with Gasteiger partial charge in [0, 0.05) is 94.2 Å². The zero-order valence-electron chi connectivity index (χ0n) is 22.2. The van der Waals surface area contributed by atoms with Gasteiger partial charge in [-0.1, -0.05) is 12.1 Å². The standard InChI is InChI=1S/C27H31N7O6/c1-19(35)31-11-10-24-23(18-31)27(20-6-8-21(9-7-20)33(37)38)28-32(24)17-22(36)16-29-12-14-30(15-13-29)25-4-2-3-5-26(25)34(39)40/h2-9,22,36H,10-18H2,1H3. The van der Waals surface area contributed by atoms with Crippen molar-refractivity contribution in [2.45, 2.75) is 32.5 Å². The molecule has 13 heteroatoms. The van der Waals surface area contributed by atoms with E-state index in [0.717, 1.165) is 11.3 Å². The minimum Gasteiger partial charge on any atom is -0.390 e. The molecule has 1 fully saturated rings. The van der Waals surface area contributed by atoms with E-state index in [2.05, 4.69) is 4.90 Å². The number of aliphatic hydroxyl groups excluding tert-OH is 1. The van der Waals surface area contributed by atoms with Crippen molar-refractivity contribution in [2.24, 2.45) is 0 Å². The Morgan fingerprint density at radius 2 is 1.68 bits per heavy atom. The van der Waals surface area contributed by atoms with Crippen LogP contribution in [0.15, 0.2) is 48.5 Å². The molecule has 40 heavy (non-hydrogen) atoms. The first kappa shape index (κ1) is 27.2. The van der Waals surface area contributed by atoms with Crippen LogP contribution in [0.25, 0.3) is 11.3 Å². The van der Waals surface area contributed by atoms with Gasteiger partial charge in [0.1, 0.15) is 5.69 Å². The third kappa shape index (κ3) is 5.65. The number of nitrogens with zero attached hydrogens (tertiary/aromatic N) is 7. The number of carbonyl (C=O) groups is 1. The number of para-hydroxylation sites is 2. The minimum absolute atomic E-state index is 0.0141. The van der Waals surface area contributed by atoms with E-state index < -0.39 is 11.0 Å². The molecule has 3 aromatic rings. The predicted molar refractivity (Wildman–Crippen MR) is 147 cm³/mol. The lowest BCUT2D eigenvalue weighted by Crippen LogP contribution is -2.49. The van der Waals surface area contributed by atoms with Gasteiger partial charge in [-0.2, -0.15) is 5.10 Å². The van der Waals surface area contributed by atoms with Gasteiger partial charge in [0.15, 0.2) is 0 Å². The summed E-state index contributed by atoms with van der Waals surface area (Å²) in [6, 6.07) is 12.9. The second-order valence-corrected chi connectivity index (χ2v) is 10.1. The smallest absolute Gasteiger partial charge is 0.292 e. The number of aromatic nitrogens is 2. The Morgan fingerprint density at radius 1 is 0.975 bits per heavy atom. The fourth-order valence-corrected chi connectivity index (χ4v) is 5.50. The molecule has 0 bridgehead atoms. The van der Waals surface area contributed by atoms with Gasteiger partial charge < -0.3 is 14.9 Å². The van der Waals surface area contributed by atoms with E-state index in [4.69, 9.17) is 5.10 Å². The molecule has 2 aromatic carbocycles. The summed E-state index contributed by atoms with van der Waals surface area (Å²) in [5.74, 6) is -0.0342. The number of piperazine rings is 1. The molecule has 0 spiro atoms. The van der Waals surface area contributed by atoms with Crippen LogP contribution in [0.5, 0.6) is 0 Å². The Hall–Kier alpha value is -4.36. The molecule has 210 valence electrons. The van der Waals surface area contributed by atoms with Crippen LogP contribution in [0.1, 0.15) is 18.2 Å². The molecule has 13 nitrogen and oxygen atoms in total. The van der Waals surface area contributed by atoms with Crippen molar-refractivity contribution in [2.75, 3.05) is 44.2 Å². The van der Waals surface area contributed by atoms with E-state index in [9.17, 15) is 30.1 Å². The van der Waals surface area contributed by atoms with Crippen LogP contribution in [-0.4, -0.2) is 85.8 Å². The monoisotopic (exact) mass is 549 g/mol. The van der Waals surface area contributed by atoms with Gasteiger partial charge in [0.25, 0.3) is 11.4 Å². The van der Waals surface area contributed by atoms with E-state index >= 15 is 0 Å². The van der Waals surface area contributed by atoms with Crippen LogP contribution in [0.2, 0.25) is 0 Å². The highest BCUT2D eigenvalue weighted by atomic mass is 16.6. The Labute approximate surface area is 230 Å². The Balaban J connectivity index is 1.28. The summed E-state index contributed by atoms with van der Waals surface area (Å²) in [5.41, 5.74) is 3.89. The number of hydrogen-bond acceptors (Lipinski definition) is 9. The summed E-state index contributed by atoms with van der Waals surface area (Å²) in [6.07, 6.45) is -0.118. The third-order valence-electron chi connectivity index (χ3n) is 7.57. The quantitative estimate of drug-likeness (QED) is 0.330. The van der Waals surface area contributed by atoms with Crippen LogP contribution in [0.4, 0.5) is 17.1 Å². The zero-order valence-corrected chi connectivity index (χ0v) is 22.2. The average Bonchev–Trinajstić information content (AvgIpc) is 3.30. The Morgan fingerprint density at radius 3 is 2.33 bits per heavy atom. The maximum Gasteiger partial charge on any atom is 0.292 e. The number of nitro benzene ring substituents is 2. The molecule has 1 N–H and O–H groups in total. The summed E-state index contributed by atoms with van der Waals surface area (Å²) in [4.78, 5) is 39.7. The molecular weight excluding hydrogens is 518 g/mol. The van der Waals surface area contributed by atoms with Crippen molar-refractivity contribution in [1.82, 2.24) is 19.6 Å². The molecule has 1 aromatic heterocycles. The summed E-state index contributed by atoms with van der Waals surface area (Å²) in [7, 11) is 0. The van der Waals surface area contributed by atoms with Crippen LogP contribution >= 0.6 is 0 Å². The van der Waals surface area contributed by atoms with Gasteiger partial charge in [-0.05, 0) is 18.2 Å². The number of anilines is 1. The number of amides is 1. The van der Waals surface area contributed by atoms with E-state index in [1.807, 2.05) is 4.90 Å². The van der Waals surface area contributed by atoms with Crippen LogP contribution in [0, 0.1) is 20.2 Å². The lowest BCUT2D eigenvalue weighted by atomic mass is 10.0.